The maximum Gasteiger partial charge on any atom is 0.261 e. The minimum atomic E-state index is -0.594. The number of ether oxygens (including phenoxy) is 1. The van der Waals surface area contributed by atoms with Gasteiger partial charge in [0.25, 0.3) is 5.91 Å². The lowest BCUT2D eigenvalue weighted by atomic mass is 10.1. The Kier molecular flexibility index (Phi) is 4.35. The summed E-state index contributed by atoms with van der Waals surface area (Å²) in [5.41, 5.74) is 0.919. The summed E-state index contributed by atoms with van der Waals surface area (Å²) in [4.78, 5) is 14.6. The fourth-order valence-electron chi connectivity index (χ4n) is 3.51. The molecule has 0 N–H and O–H groups in total. The average molecular weight is 366 g/mol. The van der Waals surface area contributed by atoms with Gasteiger partial charge < -0.3 is 14.2 Å². The van der Waals surface area contributed by atoms with Crippen molar-refractivity contribution in [1.29, 1.82) is 0 Å². The molecule has 7 heteroatoms. The van der Waals surface area contributed by atoms with Gasteiger partial charge in [-0.3, -0.25) is 4.79 Å². The molecule has 3 aromatic rings. The third kappa shape index (κ3) is 2.95. The van der Waals surface area contributed by atoms with Crippen molar-refractivity contribution < 1.29 is 13.9 Å². The summed E-state index contributed by atoms with van der Waals surface area (Å²) in [6.45, 7) is 2.69. The lowest BCUT2D eigenvalue weighted by Crippen LogP contribution is -2.41. The second-order valence-corrected chi connectivity index (χ2v) is 6.53. The first kappa shape index (κ1) is 17.2. The predicted octanol–water partition coefficient (Wildman–Crippen LogP) is 3.31. The highest BCUT2D eigenvalue weighted by molar-refractivity contribution is 5.97. The molecule has 2 aromatic carbocycles. The van der Waals surface area contributed by atoms with Crippen LogP contribution in [0.3, 0.4) is 0 Å². The van der Waals surface area contributed by atoms with E-state index in [1.165, 1.54) is 19.2 Å². The van der Waals surface area contributed by atoms with Crippen molar-refractivity contribution in [3.05, 3.63) is 65.7 Å². The Morgan fingerprint density at radius 3 is 2.67 bits per heavy atom. The molecule has 1 aliphatic heterocycles. The Morgan fingerprint density at radius 2 is 1.93 bits per heavy atom. The van der Waals surface area contributed by atoms with Crippen LogP contribution < -0.4 is 4.74 Å². The number of halogens is 1. The van der Waals surface area contributed by atoms with E-state index in [0.29, 0.717) is 12.4 Å². The molecule has 0 saturated carbocycles. The van der Waals surface area contributed by atoms with E-state index in [0.717, 1.165) is 11.4 Å². The van der Waals surface area contributed by atoms with E-state index < -0.39 is 11.7 Å². The van der Waals surface area contributed by atoms with Crippen LogP contribution in [-0.2, 0) is 6.54 Å². The summed E-state index contributed by atoms with van der Waals surface area (Å²) in [6, 6.07) is 14.1. The van der Waals surface area contributed by atoms with Crippen molar-refractivity contribution >= 4 is 5.91 Å². The van der Waals surface area contributed by atoms with Gasteiger partial charge in [0, 0.05) is 12.1 Å². The molecule has 0 saturated heterocycles. The number of methoxy groups -OCH3 is 1. The maximum atomic E-state index is 14.3. The molecule has 1 amide bonds. The van der Waals surface area contributed by atoms with E-state index in [9.17, 15) is 9.18 Å². The van der Waals surface area contributed by atoms with Crippen LogP contribution in [0.1, 0.15) is 29.1 Å². The van der Waals surface area contributed by atoms with Gasteiger partial charge in [0.05, 0.1) is 19.7 Å². The molecular formula is C20H19FN4O2. The second kappa shape index (κ2) is 6.83. The molecule has 1 aliphatic rings. The Bertz CT molecular complexity index is 987. The van der Waals surface area contributed by atoms with Crippen molar-refractivity contribution in [2.24, 2.45) is 0 Å². The molecule has 0 unspecified atom stereocenters. The zero-order chi connectivity index (χ0) is 19.0. The molecule has 1 aromatic heterocycles. The third-order valence-electron chi connectivity index (χ3n) is 4.75. The normalized spacial score (nSPS) is 16.1. The van der Waals surface area contributed by atoms with E-state index >= 15 is 0 Å². The standard InChI is InChI=1S/C20H19FN4O2/c1-13-11-24(20(26)18-15(21)9-6-10-16(18)27-2)12-17-22-23-19(25(13)17)14-7-4-3-5-8-14/h3-10,13H,11-12H2,1-2H3/t13-/m0/s1. The van der Waals surface area contributed by atoms with Crippen molar-refractivity contribution in [2.75, 3.05) is 13.7 Å². The molecule has 2 heterocycles. The third-order valence-corrected chi connectivity index (χ3v) is 4.75. The number of amides is 1. The Hall–Kier alpha value is -3.22. The lowest BCUT2D eigenvalue weighted by Gasteiger charge is -2.33. The Balaban J connectivity index is 1.67. The largest absolute Gasteiger partial charge is 0.496 e. The van der Waals surface area contributed by atoms with Crippen molar-refractivity contribution in [1.82, 2.24) is 19.7 Å². The fraction of sp³-hybridized carbons (Fsp3) is 0.250. The van der Waals surface area contributed by atoms with E-state index in [2.05, 4.69) is 10.2 Å². The molecule has 0 spiro atoms. The van der Waals surface area contributed by atoms with Gasteiger partial charge in [0.2, 0.25) is 0 Å². The molecule has 0 radical (unpaired) electrons. The van der Waals surface area contributed by atoms with E-state index in [1.54, 1.807) is 11.0 Å². The first-order valence-corrected chi connectivity index (χ1v) is 8.71. The van der Waals surface area contributed by atoms with Crippen LogP contribution >= 0.6 is 0 Å². The molecule has 1 atom stereocenters. The maximum absolute atomic E-state index is 14.3. The van der Waals surface area contributed by atoms with Gasteiger partial charge >= 0.3 is 0 Å². The van der Waals surface area contributed by atoms with Crippen LogP contribution in [0.4, 0.5) is 4.39 Å². The van der Waals surface area contributed by atoms with Gasteiger partial charge in [0.15, 0.2) is 11.6 Å². The van der Waals surface area contributed by atoms with Crippen molar-refractivity contribution in [3.63, 3.8) is 0 Å². The van der Waals surface area contributed by atoms with Crippen LogP contribution in [0.5, 0.6) is 5.75 Å². The molecular weight excluding hydrogens is 347 g/mol. The fourth-order valence-corrected chi connectivity index (χ4v) is 3.51. The number of hydrogen-bond acceptors (Lipinski definition) is 4. The zero-order valence-corrected chi connectivity index (χ0v) is 15.1. The SMILES string of the molecule is COc1cccc(F)c1C(=O)N1Cc2nnc(-c3ccccc3)n2[C@@H](C)C1. The average Bonchev–Trinajstić information content (AvgIpc) is 3.12. The quantitative estimate of drug-likeness (QED) is 0.714. The van der Waals surface area contributed by atoms with Gasteiger partial charge in [0.1, 0.15) is 17.1 Å². The van der Waals surface area contributed by atoms with Crippen molar-refractivity contribution in [2.45, 2.75) is 19.5 Å². The van der Waals surface area contributed by atoms with Crippen LogP contribution in [0.25, 0.3) is 11.4 Å². The summed E-state index contributed by atoms with van der Waals surface area (Å²) >= 11 is 0. The smallest absolute Gasteiger partial charge is 0.261 e. The van der Waals surface area contributed by atoms with Gasteiger partial charge in [-0.05, 0) is 19.1 Å². The van der Waals surface area contributed by atoms with Crippen LogP contribution in [0.2, 0.25) is 0 Å². The second-order valence-electron chi connectivity index (χ2n) is 6.53. The number of aromatic nitrogens is 3. The van der Waals surface area contributed by atoms with Gasteiger partial charge in [-0.2, -0.15) is 0 Å². The summed E-state index contributed by atoms with van der Waals surface area (Å²) in [7, 11) is 1.42. The zero-order valence-electron chi connectivity index (χ0n) is 15.1. The van der Waals surface area contributed by atoms with Crippen LogP contribution in [0, 0.1) is 5.82 Å². The Morgan fingerprint density at radius 1 is 1.15 bits per heavy atom. The number of benzene rings is 2. The summed E-state index contributed by atoms with van der Waals surface area (Å²) < 4.78 is 21.5. The topological polar surface area (TPSA) is 60.2 Å². The number of carbonyl (C=O) groups excluding carboxylic acids is 1. The van der Waals surface area contributed by atoms with Crippen LogP contribution in [0.15, 0.2) is 48.5 Å². The minimum Gasteiger partial charge on any atom is -0.496 e. The summed E-state index contributed by atoms with van der Waals surface area (Å²) in [6.07, 6.45) is 0. The van der Waals surface area contributed by atoms with E-state index in [-0.39, 0.29) is 23.9 Å². The highest BCUT2D eigenvalue weighted by Gasteiger charge is 2.32. The van der Waals surface area contributed by atoms with Gasteiger partial charge in [-0.25, -0.2) is 4.39 Å². The lowest BCUT2D eigenvalue weighted by molar-refractivity contribution is 0.0673. The van der Waals surface area contributed by atoms with Crippen molar-refractivity contribution in [3.8, 4) is 17.1 Å². The number of rotatable bonds is 3. The first-order valence-electron chi connectivity index (χ1n) is 8.71. The predicted molar refractivity (Wildman–Crippen MR) is 97.9 cm³/mol. The molecule has 0 aliphatic carbocycles. The van der Waals surface area contributed by atoms with Gasteiger partial charge in [-0.15, -0.1) is 10.2 Å². The molecule has 0 fully saturated rings. The van der Waals surface area contributed by atoms with Crippen LogP contribution in [-0.4, -0.2) is 39.2 Å². The Labute approximate surface area is 156 Å². The molecule has 138 valence electrons. The number of carbonyl (C=O) groups is 1. The molecule has 0 bridgehead atoms. The highest BCUT2D eigenvalue weighted by atomic mass is 19.1. The summed E-state index contributed by atoms with van der Waals surface area (Å²) in [5, 5.41) is 8.58. The molecule has 6 nitrogen and oxygen atoms in total. The van der Waals surface area contributed by atoms with E-state index in [4.69, 9.17) is 4.74 Å². The number of fused-ring (bicyclic) bond motifs is 1. The van der Waals surface area contributed by atoms with Gasteiger partial charge in [-0.1, -0.05) is 36.4 Å². The molecule has 4 rings (SSSR count). The number of nitrogens with zero attached hydrogens (tertiary/aromatic N) is 4. The molecule has 27 heavy (non-hydrogen) atoms. The van der Waals surface area contributed by atoms with E-state index in [1.807, 2.05) is 41.8 Å². The minimum absolute atomic E-state index is 0.0410. The number of hydrogen-bond donors (Lipinski definition) is 0. The first-order chi connectivity index (χ1) is 13.1. The highest BCUT2D eigenvalue weighted by Crippen LogP contribution is 2.30. The summed E-state index contributed by atoms with van der Waals surface area (Å²) in [5.74, 6) is 0.672. The monoisotopic (exact) mass is 366 g/mol.